The molecule has 0 aliphatic heterocycles. The number of amides is 1. The number of nitrogens with two attached hydrogens (primary N) is 1. The zero-order chi connectivity index (χ0) is 15.2. The molecule has 110 valence electrons. The first-order valence-electron chi connectivity index (χ1n) is 6.58. The summed E-state index contributed by atoms with van der Waals surface area (Å²) in [5.74, 6) is -0.143. The second kappa shape index (κ2) is 7.00. The van der Waals surface area contributed by atoms with Crippen LogP contribution in [0, 0.1) is 15.5 Å². The van der Waals surface area contributed by atoms with Gasteiger partial charge in [-0.2, -0.15) is 0 Å². The Hall–Kier alpha value is -1.95. The van der Waals surface area contributed by atoms with Crippen molar-refractivity contribution in [1.82, 2.24) is 0 Å². The Bertz CT molecular complexity index is 486. The highest BCUT2D eigenvalue weighted by Crippen LogP contribution is 2.26. The molecular weight excluding hydrogens is 258 g/mol. The Kier molecular flexibility index (Phi) is 5.64. The Morgan fingerprint density at radius 3 is 2.70 bits per heavy atom. The maximum absolute atomic E-state index is 11.8. The van der Waals surface area contributed by atoms with Gasteiger partial charge in [-0.25, -0.2) is 0 Å². The van der Waals surface area contributed by atoms with Crippen molar-refractivity contribution in [2.75, 3.05) is 11.9 Å². The average molecular weight is 279 g/mol. The van der Waals surface area contributed by atoms with Crippen LogP contribution in [0.25, 0.3) is 0 Å². The van der Waals surface area contributed by atoms with Gasteiger partial charge in [0.2, 0.25) is 5.91 Å². The summed E-state index contributed by atoms with van der Waals surface area (Å²) in [5, 5.41) is 13.3. The molecule has 0 aliphatic rings. The van der Waals surface area contributed by atoms with Gasteiger partial charge in [-0.1, -0.05) is 19.9 Å². The van der Waals surface area contributed by atoms with E-state index in [1.165, 1.54) is 12.1 Å². The van der Waals surface area contributed by atoms with Crippen LogP contribution in [0.4, 0.5) is 11.4 Å². The molecule has 0 aliphatic carbocycles. The fraction of sp³-hybridized carbons (Fsp3) is 0.500. The molecule has 1 rings (SSSR count). The third-order valence-corrected chi connectivity index (χ3v) is 3.19. The molecule has 20 heavy (non-hydrogen) atoms. The van der Waals surface area contributed by atoms with Gasteiger partial charge in [0.05, 0.1) is 4.92 Å². The van der Waals surface area contributed by atoms with Gasteiger partial charge in [-0.3, -0.25) is 14.9 Å². The molecule has 1 aromatic carbocycles. The molecule has 0 heterocycles. The first-order valence-corrected chi connectivity index (χ1v) is 6.58. The van der Waals surface area contributed by atoms with Crippen LogP contribution < -0.4 is 11.1 Å². The lowest BCUT2D eigenvalue weighted by atomic mass is 9.84. The van der Waals surface area contributed by atoms with E-state index in [-0.39, 0.29) is 17.0 Å². The summed E-state index contributed by atoms with van der Waals surface area (Å²) in [6.07, 6.45) is 1.96. The smallest absolute Gasteiger partial charge is 0.271 e. The zero-order valence-electron chi connectivity index (χ0n) is 11.9. The molecule has 3 N–H and O–H groups in total. The summed E-state index contributed by atoms with van der Waals surface area (Å²) in [7, 11) is 0. The van der Waals surface area contributed by atoms with Crippen LogP contribution in [0.5, 0.6) is 0 Å². The van der Waals surface area contributed by atoms with Gasteiger partial charge in [0, 0.05) is 24.2 Å². The van der Waals surface area contributed by atoms with Crippen LogP contribution in [-0.2, 0) is 4.79 Å². The highest BCUT2D eigenvalue weighted by molar-refractivity contribution is 5.91. The molecule has 6 nitrogen and oxygen atoms in total. The minimum atomic E-state index is -0.486. The van der Waals surface area contributed by atoms with Crippen LogP contribution in [-0.4, -0.2) is 17.4 Å². The number of anilines is 1. The van der Waals surface area contributed by atoms with E-state index in [0.29, 0.717) is 18.7 Å². The predicted molar refractivity (Wildman–Crippen MR) is 78.4 cm³/mol. The summed E-state index contributed by atoms with van der Waals surface area (Å²) in [5.41, 5.74) is 5.96. The molecular formula is C14H21N3O3. The predicted octanol–water partition coefficient (Wildman–Crippen LogP) is 2.69. The van der Waals surface area contributed by atoms with Crippen LogP contribution in [0.2, 0.25) is 0 Å². The first-order chi connectivity index (χ1) is 9.34. The number of nitrogens with one attached hydrogen (secondary N) is 1. The Balaban J connectivity index is 2.54. The molecule has 0 spiro atoms. The van der Waals surface area contributed by atoms with E-state index in [9.17, 15) is 14.9 Å². The van der Waals surface area contributed by atoms with Crippen LogP contribution in [0.3, 0.4) is 0 Å². The van der Waals surface area contributed by atoms with Crippen molar-refractivity contribution < 1.29 is 9.72 Å². The van der Waals surface area contributed by atoms with Gasteiger partial charge >= 0.3 is 0 Å². The molecule has 0 unspecified atom stereocenters. The number of non-ortho nitro benzene ring substituents is 1. The Labute approximate surface area is 118 Å². The molecule has 0 bridgehead atoms. The van der Waals surface area contributed by atoms with E-state index in [4.69, 9.17) is 5.73 Å². The molecule has 0 saturated heterocycles. The molecule has 0 aromatic heterocycles. The Morgan fingerprint density at radius 2 is 2.10 bits per heavy atom. The number of rotatable bonds is 7. The first kappa shape index (κ1) is 16.1. The summed E-state index contributed by atoms with van der Waals surface area (Å²) in [6.45, 7) is 4.74. The number of benzene rings is 1. The van der Waals surface area contributed by atoms with E-state index in [2.05, 4.69) is 19.2 Å². The van der Waals surface area contributed by atoms with Gasteiger partial charge in [0.25, 0.3) is 5.69 Å². The van der Waals surface area contributed by atoms with Crippen molar-refractivity contribution in [1.29, 1.82) is 0 Å². The van der Waals surface area contributed by atoms with E-state index < -0.39 is 4.92 Å². The van der Waals surface area contributed by atoms with Gasteiger partial charge in [-0.15, -0.1) is 0 Å². The van der Waals surface area contributed by atoms with Gasteiger partial charge in [-0.05, 0) is 30.9 Å². The average Bonchev–Trinajstić information content (AvgIpc) is 2.37. The number of hydrogen-bond donors (Lipinski definition) is 2. The second-order valence-electron chi connectivity index (χ2n) is 5.56. The lowest BCUT2D eigenvalue weighted by molar-refractivity contribution is -0.384. The molecule has 0 fully saturated rings. The summed E-state index contributed by atoms with van der Waals surface area (Å²) in [4.78, 5) is 22.0. The highest BCUT2D eigenvalue weighted by Gasteiger charge is 2.18. The van der Waals surface area contributed by atoms with Crippen molar-refractivity contribution in [2.24, 2.45) is 11.1 Å². The maximum Gasteiger partial charge on any atom is 0.271 e. The maximum atomic E-state index is 11.8. The molecule has 0 saturated carbocycles. The zero-order valence-corrected chi connectivity index (χ0v) is 11.9. The fourth-order valence-corrected chi connectivity index (χ4v) is 1.89. The largest absolute Gasteiger partial charge is 0.330 e. The van der Waals surface area contributed by atoms with E-state index in [1.807, 2.05) is 0 Å². The quantitative estimate of drug-likeness (QED) is 0.592. The minimum absolute atomic E-state index is 0.0226. The normalized spacial score (nSPS) is 11.2. The Morgan fingerprint density at radius 1 is 1.40 bits per heavy atom. The summed E-state index contributed by atoms with van der Waals surface area (Å²) >= 11 is 0. The van der Waals surface area contributed by atoms with Crippen molar-refractivity contribution in [3.05, 3.63) is 34.4 Å². The summed E-state index contributed by atoms with van der Waals surface area (Å²) < 4.78 is 0. The van der Waals surface area contributed by atoms with Gasteiger partial charge in [0.1, 0.15) is 0 Å². The third kappa shape index (κ3) is 5.36. The van der Waals surface area contributed by atoms with E-state index >= 15 is 0 Å². The van der Waals surface area contributed by atoms with Crippen molar-refractivity contribution in [3.63, 3.8) is 0 Å². The fourth-order valence-electron chi connectivity index (χ4n) is 1.89. The molecule has 1 aromatic rings. The lowest BCUT2D eigenvalue weighted by Crippen LogP contribution is -2.20. The monoisotopic (exact) mass is 279 g/mol. The standard InChI is InChI=1S/C14H21N3O3/c1-14(2,8-9-15)7-6-13(18)16-11-4-3-5-12(10-11)17(19)20/h3-5,10H,6-9,15H2,1-2H3,(H,16,18). The summed E-state index contributed by atoms with van der Waals surface area (Å²) in [6, 6.07) is 5.92. The lowest BCUT2D eigenvalue weighted by Gasteiger charge is -2.23. The molecule has 6 heteroatoms. The number of nitrogens with zero attached hydrogens (tertiary/aromatic N) is 1. The molecule has 0 radical (unpaired) electrons. The van der Waals surface area contributed by atoms with Crippen LogP contribution in [0.15, 0.2) is 24.3 Å². The highest BCUT2D eigenvalue weighted by atomic mass is 16.6. The van der Waals surface area contributed by atoms with Crippen molar-refractivity contribution >= 4 is 17.3 Å². The number of carbonyl (C=O) groups is 1. The number of nitro groups is 1. The third-order valence-electron chi connectivity index (χ3n) is 3.19. The number of nitro benzene ring substituents is 1. The van der Waals surface area contributed by atoms with E-state index in [0.717, 1.165) is 12.8 Å². The molecule has 1 amide bonds. The van der Waals surface area contributed by atoms with Gasteiger partial charge in [0.15, 0.2) is 0 Å². The van der Waals surface area contributed by atoms with Gasteiger partial charge < -0.3 is 11.1 Å². The van der Waals surface area contributed by atoms with E-state index in [1.54, 1.807) is 12.1 Å². The number of hydrogen-bond acceptors (Lipinski definition) is 4. The minimum Gasteiger partial charge on any atom is -0.330 e. The van der Waals surface area contributed by atoms with Crippen molar-refractivity contribution in [2.45, 2.75) is 33.1 Å². The second-order valence-corrected chi connectivity index (χ2v) is 5.56. The number of carbonyl (C=O) groups excluding carboxylic acids is 1. The SMILES string of the molecule is CC(C)(CCN)CCC(=O)Nc1cccc([N+](=O)[O-])c1. The van der Waals surface area contributed by atoms with Crippen LogP contribution in [0.1, 0.15) is 33.1 Å². The molecule has 0 atom stereocenters. The van der Waals surface area contributed by atoms with Crippen LogP contribution >= 0.6 is 0 Å². The van der Waals surface area contributed by atoms with Crippen molar-refractivity contribution in [3.8, 4) is 0 Å². The topological polar surface area (TPSA) is 98.3 Å².